The van der Waals surface area contributed by atoms with Gasteiger partial charge in [0.1, 0.15) is 29.9 Å². The van der Waals surface area contributed by atoms with E-state index in [0.717, 1.165) is 0 Å². The van der Waals surface area contributed by atoms with Crippen LogP contribution in [0.2, 0.25) is 0 Å². The molecule has 0 saturated carbocycles. The van der Waals surface area contributed by atoms with Crippen molar-refractivity contribution in [2.45, 2.75) is 122 Å². The van der Waals surface area contributed by atoms with Crippen LogP contribution in [0, 0.1) is 17.3 Å². The van der Waals surface area contributed by atoms with Crippen molar-refractivity contribution in [1.29, 1.82) is 0 Å². The summed E-state index contributed by atoms with van der Waals surface area (Å²) in [6, 6.07) is 0. The van der Waals surface area contributed by atoms with Gasteiger partial charge in [0.25, 0.3) is 0 Å². The number of esters is 1. The number of hydrogen-bond donors (Lipinski definition) is 2. The molecule has 0 aromatic carbocycles. The van der Waals surface area contributed by atoms with Crippen LogP contribution in [0.4, 0.5) is 0 Å². The van der Waals surface area contributed by atoms with Gasteiger partial charge in [-0.1, -0.05) is 58.1 Å². The lowest BCUT2D eigenvalue weighted by Gasteiger charge is -2.40. The molecule has 1 aliphatic heterocycles. The highest BCUT2D eigenvalue weighted by Gasteiger charge is 2.42. The number of amides is 1. The number of rotatable bonds is 16. The maximum atomic E-state index is 13.4. The molecule has 1 aromatic rings. The van der Waals surface area contributed by atoms with Crippen LogP contribution >= 0.6 is 0 Å². The van der Waals surface area contributed by atoms with Crippen LogP contribution in [-0.4, -0.2) is 110 Å². The third-order valence-electron chi connectivity index (χ3n) is 10.1. The Labute approximate surface area is 309 Å². The molecule has 0 aliphatic carbocycles. The molecule has 0 unspecified atom stereocenters. The van der Waals surface area contributed by atoms with Crippen molar-refractivity contribution >= 4 is 18.2 Å². The number of aromatic nitrogens is 1. The van der Waals surface area contributed by atoms with Crippen LogP contribution in [0.1, 0.15) is 90.3 Å². The number of carbonyl (C=O) groups is 3. The molecule has 1 aliphatic rings. The van der Waals surface area contributed by atoms with Gasteiger partial charge < -0.3 is 43.2 Å². The second-order valence-electron chi connectivity index (χ2n) is 14.3. The average molecular weight is 735 g/mol. The van der Waals surface area contributed by atoms with E-state index in [1.807, 2.05) is 45.9 Å². The monoisotopic (exact) mass is 734 g/mol. The molecule has 9 atom stereocenters. The molecule has 1 amide bonds. The van der Waals surface area contributed by atoms with Gasteiger partial charge in [0, 0.05) is 72.3 Å². The van der Waals surface area contributed by atoms with Crippen molar-refractivity contribution in [2.75, 3.05) is 35.5 Å². The second kappa shape index (κ2) is 22.8. The fraction of sp³-hybridized carbons (Fsp3) is 0.692. The number of nitrogens with zero attached hydrogens (tertiary/aromatic N) is 2. The van der Waals surface area contributed by atoms with E-state index >= 15 is 0 Å². The summed E-state index contributed by atoms with van der Waals surface area (Å²) < 4.78 is 34.5. The van der Waals surface area contributed by atoms with E-state index in [1.54, 1.807) is 46.7 Å². The van der Waals surface area contributed by atoms with E-state index < -0.39 is 41.9 Å². The Balaban J connectivity index is 2.29. The molecule has 2 rings (SSSR count). The molecule has 1 aromatic heterocycles. The first-order valence-electron chi connectivity index (χ1n) is 18.0. The van der Waals surface area contributed by atoms with Gasteiger partial charge in [-0.3, -0.25) is 14.4 Å². The first kappa shape index (κ1) is 45.0. The molecule has 2 heterocycles. The molecule has 13 nitrogen and oxygen atoms in total. The minimum Gasteiger partial charge on any atom is -0.462 e. The molecule has 13 heteroatoms. The number of methoxy groups -OCH3 is 4. The molecular formula is C39H62N2O11. The number of fused-ring (bicyclic) bond motifs is 2. The third-order valence-corrected chi connectivity index (χ3v) is 10.1. The van der Waals surface area contributed by atoms with Crippen molar-refractivity contribution in [2.24, 2.45) is 17.3 Å². The predicted molar refractivity (Wildman–Crippen MR) is 195 cm³/mol. The molecule has 2 bridgehead atoms. The Morgan fingerprint density at radius 1 is 1.10 bits per heavy atom. The summed E-state index contributed by atoms with van der Waals surface area (Å²) in [5, 5.41) is 22.4. The van der Waals surface area contributed by atoms with Crippen LogP contribution in [0.15, 0.2) is 47.3 Å². The van der Waals surface area contributed by atoms with E-state index in [0.29, 0.717) is 37.3 Å². The van der Waals surface area contributed by atoms with Gasteiger partial charge in [-0.2, -0.15) is 0 Å². The zero-order valence-electron chi connectivity index (χ0n) is 32.4. The number of oxazole rings is 1. The first-order chi connectivity index (χ1) is 24.7. The predicted octanol–water partition coefficient (Wildman–Crippen LogP) is 4.91. The Morgan fingerprint density at radius 3 is 2.44 bits per heavy atom. The molecule has 0 radical (unpaired) electrons. The number of cyclic esters (lactones) is 1. The van der Waals surface area contributed by atoms with Gasteiger partial charge >= 0.3 is 5.97 Å². The van der Waals surface area contributed by atoms with Crippen molar-refractivity contribution in [1.82, 2.24) is 9.88 Å². The summed E-state index contributed by atoms with van der Waals surface area (Å²) in [7, 11) is 7.89. The summed E-state index contributed by atoms with van der Waals surface area (Å²) in [5.74, 6) is -0.777. The quantitative estimate of drug-likeness (QED) is 0.174. The highest BCUT2D eigenvalue weighted by atomic mass is 16.5. The van der Waals surface area contributed by atoms with E-state index in [9.17, 15) is 24.6 Å². The molecule has 52 heavy (non-hydrogen) atoms. The topological polar surface area (TPSA) is 167 Å². The van der Waals surface area contributed by atoms with E-state index in [4.69, 9.17) is 28.1 Å². The van der Waals surface area contributed by atoms with Crippen molar-refractivity contribution in [3.8, 4) is 0 Å². The van der Waals surface area contributed by atoms with Crippen molar-refractivity contribution in [3.05, 3.63) is 54.4 Å². The summed E-state index contributed by atoms with van der Waals surface area (Å²) in [6.45, 7) is 7.43. The molecule has 0 spiro atoms. The SMILES string of the molecule is CO[C@H]1C/C=C/C=C/[C@H](OC)C[C@H](O)CC(=O)O[C@@H](C[C@H](OC)[C@@H](C)CCC(=O)[C@H](C)[C@@H](C/C=C/N(C)C=O)OC)C(C)(C)[C@H](O)Cc2nc1co2. The zero-order valence-corrected chi connectivity index (χ0v) is 32.4. The number of aliphatic hydroxyl groups is 2. The number of aliphatic hydroxyl groups excluding tert-OH is 2. The fourth-order valence-corrected chi connectivity index (χ4v) is 6.19. The minimum atomic E-state index is -1.05. The molecule has 0 fully saturated rings. The average Bonchev–Trinajstić information content (AvgIpc) is 3.58. The maximum absolute atomic E-state index is 13.4. The van der Waals surface area contributed by atoms with E-state index in [1.165, 1.54) is 18.3 Å². The number of allylic oxidation sites excluding steroid dienone is 2. The van der Waals surface area contributed by atoms with Gasteiger partial charge in [-0.15, -0.1) is 0 Å². The Bertz CT molecular complexity index is 1310. The highest BCUT2D eigenvalue weighted by molar-refractivity contribution is 5.81. The lowest BCUT2D eigenvalue weighted by Crippen LogP contribution is -2.46. The van der Waals surface area contributed by atoms with Gasteiger partial charge in [0.05, 0.1) is 43.4 Å². The Hall–Kier alpha value is -3.20. The van der Waals surface area contributed by atoms with Gasteiger partial charge in [-0.25, -0.2) is 4.98 Å². The maximum Gasteiger partial charge on any atom is 0.308 e. The van der Waals surface area contributed by atoms with Gasteiger partial charge in [0.2, 0.25) is 6.41 Å². The van der Waals surface area contributed by atoms with Crippen LogP contribution < -0.4 is 0 Å². The van der Waals surface area contributed by atoms with E-state index in [-0.39, 0.29) is 61.9 Å². The van der Waals surface area contributed by atoms with Crippen LogP contribution in [0.5, 0.6) is 0 Å². The summed E-state index contributed by atoms with van der Waals surface area (Å²) in [6.07, 6.45) is 10.5. The Morgan fingerprint density at radius 2 is 1.81 bits per heavy atom. The number of ketones is 1. The summed E-state index contributed by atoms with van der Waals surface area (Å²) in [5.41, 5.74) is -0.428. The zero-order chi connectivity index (χ0) is 38.8. The molecule has 2 N–H and O–H groups in total. The lowest BCUT2D eigenvalue weighted by molar-refractivity contribution is -0.167. The third kappa shape index (κ3) is 14.3. The molecule has 0 saturated heterocycles. The number of Topliss-reactive ketones (excluding diaryl/α,β-unsaturated/α-hetero) is 1. The Kier molecular flexibility index (Phi) is 19.7. The minimum absolute atomic E-state index is 0.0368. The van der Waals surface area contributed by atoms with Gasteiger partial charge in [0.15, 0.2) is 5.89 Å². The number of carbonyl (C=O) groups excluding carboxylic acids is 3. The van der Waals surface area contributed by atoms with Gasteiger partial charge in [-0.05, 0) is 25.2 Å². The van der Waals surface area contributed by atoms with E-state index in [2.05, 4.69) is 4.98 Å². The van der Waals surface area contributed by atoms with Crippen molar-refractivity contribution < 1.29 is 52.7 Å². The highest BCUT2D eigenvalue weighted by Crippen LogP contribution is 2.36. The second-order valence-corrected chi connectivity index (χ2v) is 14.3. The molecular weight excluding hydrogens is 672 g/mol. The van der Waals surface area contributed by atoms with Crippen LogP contribution in [0.25, 0.3) is 0 Å². The van der Waals surface area contributed by atoms with Crippen LogP contribution in [-0.2, 0) is 44.5 Å². The smallest absolute Gasteiger partial charge is 0.308 e. The summed E-state index contributed by atoms with van der Waals surface area (Å²) in [4.78, 5) is 43.4. The fourth-order valence-electron chi connectivity index (χ4n) is 6.19. The van der Waals surface area contributed by atoms with Crippen molar-refractivity contribution in [3.63, 3.8) is 0 Å². The lowest BCUT2D eigenvalue weighted by atomic mass is 9.75. The largest absolute Gasteiger partial charge is 0.462 e. The first-order valence-corrected chi connectivity index (χ1v) is 18.0. The number of hydrogen-bond acceptors (Lipinski definition) is 12. The summed E-state index contributed by atoms with van der Waals surface area (Å²) >= 11 is 0. The molecule has 294 valence electrons. The van der Waals surface area contributed by atoms with Crippen LogP contribution in [0.3, 0.4) is 0 Å². The normalized spacial score (nSPS) is 26.9. The number of ether oxygens (including phenoxy) is 5. The standard InChI is InChI=1S/C39H62N2O11/c1-26(17-18-31(44)27(2)32(48-7)16-13-19-41(5)25-42)34(50-9)22-36-39(3,4)35(45)23-37-40-30(24-51-37)33(49-8)15-12-10-11-14-29(47-6)20-28(43)21-38(46)52-36/h10-14,19,24-29,32-36,43,45H,15-18,20-23H2,1-9H3/b12-10+,14-11+,19-13+/t26-,27-,28-,29-,32+,33-,34-,35+,36-/m0/s1.